The normalized spacial score (nSPS) is 18.0. The Hall–Kier alpha value is -5.05. The van der Waals surface area contributed by atoms with Crippen molar-refractivity contribution in [1.82, 2.24) is 9.55 Å². The summed E-state index contributed by atoms with van der Waals surface area (Å²) in [6.07, 6.45) is 2.35. The Balaban J connectivity index is 1.18. The van der Waals surface area contributed by atoms with Crippen molar-refractivity contribution in [3.8, 4) is 17.1 Å². The first-order chi connectivity index (χ1) is 21.5. The lowest BCUT2D eigenvalue weighted by molar-refractivity contribution is -0.118. The molecule has 1 unspecified atom stereocenters. The summed E-state index contributed by atoms with van der Waals surface area (Å²) < 4.78 is 20.9. The van der Waals surface area contributed by atoms with Gasteiger partial charge in [0, 0.05) is 54.8 Å². The van der Waals surface area contributed by atoms with Crippen molar-refractivity contribution >= 4 is 39.7 Å². The molecule has 0 spiro atoms. The van der Waals surface area contributed by atoms with E-state index in [0.29, 0.717) is 6.04 Å². The fourth-order valence-corrected chi connectivity index (χ4v) is 6.41. The number of hydrogen-bond acceptors (Lipinski definition) is 6. The minimum absolute atomic E-state index is 0.113. The number of carbonyl (C=O) groups is 1. The van der Waals surface area contributed by atoms with E-state index < -0.39 is 6.04 Å². The SMILES string of the molecule is COc1ccc(C2C(=O)Nc3ccc(NC4CC4)cc3-c3nc4cc(N5CCN(c6ccc(F)cc6)CC5)ccc4n32)cc1. The molecule has 2 fully saturated rings. The number of imidazole rings is 1. The van der Waals surface area contributed by atoms with E-state index in [4.69, 9.17) is 9.72 Å². The fourth-order valence-electron chi connectivity index (χ4n) is 6.41. The average molecular weight is 589 g/mol. The minimum Gasteiger partial charge on any atom is -0.497 e. The van der Waals surface area contributed by atoms with E-state index in [9.17, 15) is 9.18 Å². The third kappa shape index (κ3) is 4.78. The van der Waals surface area contributed by atoms with Crippen LogP contribution in [0.1, 0.15) is 24.4 Å². The molecule has 2 aliphatic heterocycles. The highest BCUT2D eigenvalue weighted by Gasteiger charge is 2.33. The Morgan fingerprint density at radius 2 is 1.57 bits per heavy atom. The second-order valence-corrected chi connectivity index (χ2v) is 11.8. The van der Waals surface area contributed by atoms with Crippen molar-refractivity contribution < 1.29 is 13.9 Å². The number of rotatable bonds is 6. The van der Waals surface area contributed by atoms with E-state index in [2.05, 4.69) is 49.3 Å². The van der Waals surface area contributed by atoms with E-state index in [1.807, 2.05) is 48.5 Å². The van der Waals surface area contributed by atoms with Gasteiger partial charge in [0.25, 0.3) is 5.91 Å². The molecule has 8 rings (SSSR count). The molecule has 1 amide bonds. The molecular weight excluding hydrogens is 555 g/mol. The maximum Gasteiger partial charge on any atom is 0.252 e. The zero-order valence-corrected chi connectivity index (χ0v) is 24.5. The number of carbonyl (C=O) groups excluding carboxylic acids is 1. The van der Waals surface area contributed by atoms with Gasteiger partial charge in [-0.15, -0.1) is 0 Å². The lowest BCUT2D eigenvalue weighted by Gasteiger charge is -2.37. The zero-order valence-electron chi connectivity index (χ0n) is 24.5. The van der Waals surface area contributed by atoms with Crippen molar-refractivity contribution in [3.05, 3.63) is 96.3 Å². The van der Waals surface area contributed by atoms with Crippen LogP contribution in [-0.4, -0.2) is 54.8 Å². The average Bonchev–Trinajstić information content (AvgIpc) is 3.82. The number of hydrogen-bond donors (Lipinski definition) is 2. The molecule has 222 valence electrons. The van der Waals surface area contributed by atoms with E-state index >= 15 is 0 Å². The largest absolute Gasteiger partial charge is 0.497 e. The van der Waals surface area contributed by atoms with Crippen LogP contribution in [0.25, 0.3) is 22.4 Å². The molecule has 2 N–H and O–H groups in total. The molecule has 1 aromatic heterocycles. The molecule has 1 saturated carbocycles. The molecule has 4 aromatic carbocycles. The highest BCUT2D eigenvalue weighted by atomic mass is 19.1. The Morgan fingerprint density at radius 1 is 0.864 bits per heavy atom. The van der Waals surface area contributed by atoms with Crippen molar-refractivity contribution in [2.75, 3.05) is 53.7 Å². The number of methoxy groups -OCH3 is 1. The molecule has 9 heteroatoms. The number of amides is 1. The lowest BCUT2D eigenvalue weighted by Crippen LogP contribution is -2.46. The first kappa shape index (κ1) is 26.6. The van der Waals surface area contributed by atoms with E-state index in [1.165, 1.54) is 25.0 Å². The van der Waals surface area contributed by atoms with Crippen LogP contribution < -0.4 is 25.2 Å². The first-order valence-electron chi connectivity index (χ1n) is 15.2. The van der Waals surface area contributed by atoms with Gasteiger partial charge in [-0.2, -0.15) is 0 Å². The third-order valence-electron chi connectivity index (χ3n) is 8.91. The molecule has 0 radical (unpaired) electrons. The standard InChI is InChI=1S/C35H33FN6O2/c1-44-28-12-2-22(3-13-28)33-35(43)39-30-14-8-25(37-24-6-7-24)20-29(30)34-38-31-21-27(11-15-32(31)42(33)34)41-18-16-40(17-19-41)26-9-4-23(36)5-10-26/h2-5,8-15,20-21,24,33,37H,6-7,16-19H2,1H3,(H,39,43). The van der Waals surface area contributed by atoms with Crippen molar-refractivity contribution in [2.24, 2.45) is 0 Å². The molecule has 1 atom stereocenters. The number of aromatic nitrogens is 2. The number of fused-ring (bicyclic) bond motifs is 5. The van der Waals surface area contributed by atoms with Gasteiger partial charge >= 0.3 is 0 Å². The van der Waals surface area contributed by atoms with Crippen LogP contribution in [0, 0.1) is 5.82 Å². The van der Waals surface area contributed by atoms with Gasteiger partial charge in [-0.05, 0) is 91.2 Å². The van der Waals surface area contributed by atoms with E-state index in [-0.39, 0.29) is 11.7 Å². The van der Waals surface area contributed by atoms with Crippen molar-refractivity contribution in [2.45, 2.75) is 24.9 Å². The summed E-state index contributed by atoms with van der Waals surface area (Å²) in [5, 5.41) is 6.78. The second-order valence-electron chi connectivity index (χ2n) is 11.8. The zero-order chi connectivity index (χ0) is 29.8. The number of piperazine rings is 1. The summed E-state index contributed by atoms with van der Waals surface area (Å²) in [7, 11) is 1.64. The summed E-state index contributed by atoms with van der Waals surface area (Å²) in [6, 6.07) is 26.8. The van der Waals surface area contributed by atoms with Crippen LogP contribution in [0.5, 0.6) is 5.75 Å². The summed E-state index contributed by atoms with van der Waals surface area (Å²) in [4.78, 5) is 23.8. The molecule has 1 aliphatic carbocycles. The first-order valence-corrected chi connectivity index (χ1v) is 15.2. The summed E-state index contributed by atoms with van der Waals surface area (Å²) in [6.45, 7) is 3.36. The smallest absolute Gasteiger partial charge is 0.252 e. The number of anilines is 4. The van der Waals surface area contributed by atoms with Gasteiger partial charge in [0.05, 0.1) is 23.8 Å². The van der Waals surface area contributed by atoms with Crippen LogP contribution >= 0.6 is 0 Å². The molecule has 3 aliphatic rings. The van der Waals surface area contributed by atoms with Crippen LogP contribution in [0.4, 0.5) is 27.1 Å². The maximum absolute atomic E-state index is 13.9. The minimum atomic E-state index is -0.613. The van der Waals surface area contributed by atoms with Gasteiger partial charge in [-0.25, -0.2) is 9.37 Å². The lowest BCUT2D eigenvalue weighted by atomic mass is 10.1. The highest BCUT2D eigenvalue weighted by Crippen LogP contribution is 2.41. The van der Waals surface area contributed by atoms with E-state index in [0.717, 1.165) is 82.7 Å². The predicted molar refractivity (Wildman–Crippen MR) is 172 cm³/mol. The predicted octanol–water partition coefficient (Wildman–Crippen LogP) is 6.29. The Bertz CT molecular complexity index is 1860. The van der Waals surface area contributed by atoms with Gasteiger partial charge in [0.15, 0.2) is 0 Å². The summed E-state index contributed by atoms with van der Waals surface area (Å²) in [5.41, 5.74) is 7.41. The van der Waals surface area contributed by atoms with Gasteiger partial charge < -0.3 is 29.7 Å². The Morgan fingerprint density at radius 3 is 2.27 bits per heavy atom. The summed E-state index contributed by atoms with van der Waals surface area (Å²) in [5.74, 6) is 1.16. The molecule has 1 saturated heterocycles. The third-order valence-corrected chi connectivity index (χ3v) is 8.91. The van der Waals surface area contributed by atoms with Gasteiger partial charge in [-0.3, -0.25) is 4.79 Å². The van der Waals surface area contributed by atoms with Crippen LogP contribution in [0.3, 0.4) is 0 Å². The van der Waals surface area contributed by atoms with Crippen molar-refractivity contribution in [3.63, 3.8) is 0 Å². The number of nitrogens with one attached hydrogen (secondary N) is 2. The second kappa shape index (κ2) is 10.6. The van der Waals surface area contributed by atoms with E-state index in [1.54, 1.807) is 7.11 Å². The molecule has 5 aromatic rings. The highest BCUT2D eigenvalue weighted by molar-refractivity contribution is 6.03. The molecule has 44 heavy (non-hydrogen) atoms. The molecular formula is C35H33FN6O2. The van der Waals surface area contributed by atoms with Gasteiger partial charge in [0.1, 0.15) is 23.4 Å². The van der Waals surface area contributed by atoms with Crippen molar-refractivity contribution in [1.29, 1.82) is 0 Å². The van der Waals surface area contributed by atoms with Crippen LogP contribution in [0.2, 0.25) is 0 Å². The number of nitrogens with zero attached hydrogens (tertiary/aromatic N) is 4. The monoisotopic (exact) mass is 588 g/mol. The van der Waals surface area contributed by atoms with Gasteiger partial charge in [-0.1, -0.05) is 12.1 Å². The van der Waals surface area contributed by atoms with Crippen LogP contribution in [-0.2, 0) is 4.79 Å². The fraction of sp³-hybridized carbons (Fsp3) is 0.257. The van der Waals surface area contributed by atoms with Gasteiger partial charge in [0.2, 0.25) is 0 Å². The molecule has 0 bridgehead atoms. The quantitative estimate of drug-likeness (QED) is 0.243. The Labute approximate surface area is 255 Å². The maximum atomic E-state index is 13.9. The number of benzene rings is 4. The molecule has 8 nitrogen and oxygen atoms in total. The topological polar surface area (TPSA) is 74.7 Å². The number of ether oxygens (including phenoxy) is 1. The number of halogens is 1. The summed E-state index contributed by atoms with van der Waals surface area (Å²) >= 11 is 0. The Kier molecular flexibility index (Phi) is 6.39. The van der Waals surface area contributed by atoms with Crippen LogP contribution in [0.15, 0.2) is 84.9 Å². The molecule has 3 heterocycles.